The number of carbonyl (C=O) groups is 1. The molecule has 0 atom stereocenters. The van der Waals surface area contributed by atoms with Crippen LogP contribution in [0.2, 0.25) is 5.02 Å². The first kappa shape index (κ1) is 14.9. The lowest BCUT2D eigenvalue weighted by molar-refractivity contribution is -0.139. The lowest BCUT2D eigenvalue weighted by atomic mass is 10.2. The molecule has 0 amide bonds. The van der Waals surface area contributed by atoms with E-state index >= 15 is 0 Å². The number of hydrogen-bond acceptors (Lipinski definition) is 3. The Balaban J connectivity index is 3.18. The van der Waals surface area contributed by atoms with Crippen LogP contribution < -0.4 is 0 Å². The van der Waals surface area contributed by atoms with Crippen molar-refractivity contribution in [3.8, 4) is 0 Å². The summed E-state index contributed by atoms with van der Waals surface area (Å²) in [5.74, 6) is -2.92. The molecule has 0 bridgehead atoms. The summed E-state index contributed by atoms with van der Waals surface area (Å²) < 4.78 is 35.3. The fourth-order valence-corrected chi connectivity index (χ4v) is 2.62. The topological polar surface area (TPSA) is 71.4 Å². The smallest absolute Gasteiger partial charge is 0.324 e. The second-order valence-electron chi connectivity index (χ2n) is 4.31. The van der Waals surface area contributed by atoms with Crippen LogP contribution >= 0.6 is 11.6 Å². The van der Waals surface area contributed by atoms with Crippen LogP contribution in [0.5, 0.6) is 0 Å². The quantitative estimate of drug-likeness (QED) is 0.924. The average Bonchev–Trinajstić information content (AvgIpc) is 2.22. The van der Waals surface area contributed by atoms with Gasteiger partial charge in [-0.1, -0.05) is 11.6 Å². The molecule has 18 heavy (non-hydrogen) atoms. The SMILES string of the molecule is CC(C)(C(=O)O)S(=O)(=O)Cc1cc(Cl)ccc1F. The van der Waals surface area contributed by atoms with Gasteiger partial charge in [0.15, 0.2) is 14.6 Å². The van der Waals surface area contributed by atoms with Gasteiger partial charge in [-0.2, -0.15) is 0 Å². The van der Waals surface area contributed by atoms with Crippen LogP contribution in [0.25, 0.3) is 0 Å². The first-order valence-corrected chi connectivity index (χ1v) is 7.00. The number of halogens is 2. The number of benzene rings is 1. The van der Waals surface area contributed by atoms with E-state index in [1.165, 1.54) is 12.1 Å². The first-order valence-electron chi connectivity index (χ1n) is 4.97. The number of aliphatic carboxylic acids is 1. The molecule has 0 aliphatic rings. The van der Waals surface area contributed by atoms with Crippen molar-refractivity contribution >= 4 is 27.4 Å². The lowest BCUT2D eigenvalue weighted by Gasteiger charge is -2.19. The maximum Gasteiger partial charge on any atom is 0.324 e. The molecule has 0 aliphatic carbocycles. The third kappa shape index (κ3) is 2.81. The highest BCUT2D eigenvalue weighted by Crippen LogP contribution is 2.24. The van der Waals surface area contributed by atoms with E-state index in [0.717, 1.165) is 19.9 Å². The van der Waals surface area contributed by atoms with Gasteiger partial charge in [0.1, 0.15) is 5.82 Å². The van der Waals surface area contributed by atoms with Gasteiger partial charge in [-0.3, -0.25) is 4.79 Å². The number of carboxylic acid groups (broad SMARTS) is 1. The normalized spacial score (nSPS) is 12.4. The van der Waals surface area contributed by atoms with Gasteiger partial charge in [0.05, 0.1) is 5.75 Å². The molecule has 0 fully saturated rings. The molecule has 0 aliphatic heterocycles. The van der Waals surface area contributed by atoms with Crippen molar-refractivity contribution in [2.24, 2.45) is 0 Å². The van der Waals surface area contributed by atoms with E-state index in [0.29, 0.717) is 0 Å². The van der Waals surface area contributed by atoms with Gasteiger partial charge in [-0.15, -0.1) is 0 Å². The number of carboxylic acids is 1. The van der Waals surface area contributed by atoms with E-state index in [9.17, 15) is 17.6 Å². The predicted molar refractivity (Wildman–Crippen MR) is 65.7 cm³/mol. The minimum atomic E-state index is -4.05. The fourth-order valence-electron chi connectivity index (χ4n) is 1.17. The summed E-state index contributed by atoms with van der Waals surface area (Å²) in [7, 11) is -4.05. The third-order valence-corrected chi connectivity index (χ3v) is 5.30. The summed E-state index contributed by atoms with van der Waals surface area (Å²) in [4.78, 5) is 10.9. The molecule has 0 aromatic heterocycles. The Hall–Kier alpha value is -1.14. The molecule has 0 heterocycles. The van der Waals surface area contributed by atoms with Crippen molar-refractivity contribution in [2.45, 2.75) is 24.3 Å². The highest BCUT2D eigenvalue weighted by molar-refractivity contribution is 7.92. The Morgan fingerprint density at radius 2 is 2.00 bits per heavy atom. The van der Waals surface area contributed by atoms with Gasteiger partial charge in [0.25, 0.3) is 0 Å². The van der Waals surface area contributed by atoms with E-state index in [-0.39, 0.29) is 10.6 Å². The highest BCUT2D eigenvalue weighted by Gasteiger charge is 2.42. The maximum atomic E-state index is 13.4. The fraction of sp³-hybridized carbons (Fsp3) is 0.364. The molecule has 4 nitrogen and oxygen atoms in total. The zero-order chi connectivity index (χ0) is 14.1. The molecule has 1 aromatic rings. The molecular weight excluding hydrogens is 283 g/mol. The van der Waals surface area contributed by atoms with Gasteiger partial charge in [-0.25, -0.2) is 12.8 Å². The summed E-state index contributed by atoms with van der Waals surface area (Å²) in [6.07, 6.45) is 0. The first-order chi connectivity index (χ1) is 8.08. The Morgan fingerprint density at radius 3 is 2.50 bits per heavy atom. The maximum absolute atomic E-state index is 13.4. The number of sulfone groups is 1. The molecular formula is C11H12ClFO4S. The van der Waals surface area contributed by atoms with Crippen LogP contribution in [0.15, 0.2) is 18.2 Å². The summed E-state index contributed by atoms with van der Waals surface area (Å²) >= 11 is 5.64. The third-order valence-electron chi connectivity index (χ3n) is 2.65. The van der Waals surface area contributed by atoms with Crippen LogP contribution in [0.1, 0.15) is 19.4 Å². The van der Waals surface area contributed by atoms with Crippen LogP contribution in [0.3, 0.4) is 0 Å². The number of rotatable bonds is 4. The lowest BCUT2D eigenvalue weighted by Crippen LogP contribution is -2.41. The molecule has 0 radical (unpaired) electrons. The predicted octanol–water partition coefficient (Wildman–Crippen LogP) is 2.26. The summed E-state index contributed by atoms with van der Waals surface area (Å²) in [5.41, 5.74) is -0.142. The van der Waals surface area contributed by atoms with E-state index in [1.54, 1.807) is 0 Å². The zero-order valence-electron chi connectivity index (χ0n) is 9.78. The minimum absolute atomic E-state index is 0.142. The average molecular weight is 295 g/mol. The Kier molecular flexibility index (Phi) is 4.02. The van der Waals surface area contributed by atoms with Crippen LogP contribution in [0, 0.1) is 5.82 Å². The summed E-state index contributed by atoms with van der Waals surface area (Å²) in [6.45, 7) is 2.13. The van der Waals surface area contributed by atoms with E-state index in [1.807, 2.05) is 0 Å². The molecule has 0 saturated carbocycles. The standard InChI is InChI=1S/C11H12ClFO4S/c1-11(2,10(14)15)18(16,17)6-7-5-8(12)3-4-9(7)13/h3-5H,6H2,1-2H3,(H,14,15). The van der Waals surface area contributed by atoms with Gasteiger partial charge < -0.3 is 5.11 Å². The molecule has 1 rings (SSSR count). The van der Waals surface area contributed by atoms with Gasteiger partial charge >= 0.3 is 5.97 Å². The molecule has 100 valence electrons. The van der Waals surface area contributed by atoms with Crippen molar-refractivity contribution < 1.29 is 22.7 Å². The molecule has 0 spiro atoms. The molecule has 1 aromatic carbocycles. The van der Waals surface area contributed by atoms with Gasteiger partial charge in [-0.05, 0) is 32.0 Å². The van der Waals surface area contributed by atoms with Gasteiger partial charge in [0.2, 0.25) is 0 Å². The summed E-state index contributed by atoms with van der Waals surface area (Å²) in [5, 5.41) is 9.07. The van der Waals surface area contributed by atoms with E-state index < -0.39 is 32.1 Å². The molecule has 1 N–H and O–H groups in total. The van der Waals surface area contributed by atoms with Crippen molar-refractivity contribution in [2.75, 3.05) is 0 Å². The zero-order valence-corrected chi connectivity index (χ0v) is 11.3. The summed E-state index contributed by atoms with van der Waals surface area (Å²) in [6, 6.07) is 3.50. The van der Waals surface area contributed by atoms with Crippen LogP contribution in [0.4, 0.5) is 4.39 Å². The Labute approximate surface area is 109 Å². The second-order valence-corrected chi connectivity index (χ2v) is 7.29. The minimum Gasteiger partial charge on any atom is -0.480 e. The van der Waals surface area contributed by atoms with Crippen molar-refractivity contribution in [3.05, 3.63) is 34.6 Å². The molecule has 7 heteroatoms. The van der Waals surface area contributed by atoms with Crippen molar-refractivity contribution in [1.82, 2.24) is 0 Å². The monoisotopic (exact) mass is 294 g/mol. The van der Waals surface area contributed by atoms with Crippen LogP contribution in [-0.2, 0) is 20.4 Å². The Morgan fingerprint density at radius 1 is 1.44 bits per heavy atom. The largest absolute Gasteiger partial charge is 0.480 e. The molecule has 0 saturated heterocycles. The van der Waals surface area contributed by atoms with E-state index in [2.05, 4.69) is 0 Å². The van der Waals surface area contributed by atoms with Gasteiger partial charge in [0, 0.05) is 10.6 Å². The highest BCUT2D eigenvalue weighted by atomic mass is 35.5. The number of hydrogen-bond donors (Lipinski definition) is 1. The van der Waals surface area contributed by atoms with Crippen molar-refractivity contribution in [1.29, 1.82) is 0 Å². The van der Waals surface area contributed by atoms with Crippen molar-refractivity contribution in [3.63, 3.8) is 0 Å². The van der Waals surface area contributed by atoms with E-state index in [4.69, 9.17) is 16.7 Å². The molecule has 0 unspecified atom stereocenters. The Bertz CT molecular complexity index is 581. The second kappa shape index (κ2) is 4.85. The van der Waals surface area contributed by atoms with Crippen LogP contribution in [-0.4, -0.2) is 24.2 Å².